The van der Waals surface area contributed by atoms with Crippen LogP contribution in [0.2, 0.25) is 0 Å². The number of allylic oxidation sites excluding steroid dienone is 2. The number of esters is 1. The Labute approximate surface area is 168 Å². The summed E-state index contributed by atoms with van der Waals surface area (Å²) in [5, 5.41) is 10.8. The number of aromatic hydroxyl groups is 1. The molecular weight excluding hydrogens is 352 g/mol. The average molecular weight is 383 g/mol. The molecule has 4 heteroatoms. The molecule has 1 aliphatic carbocycles. The van der Waals surface area contributed by atoms with Crippen LogP contribution in [0.4, 0.5) is 0 Å². The number of hydrogen-bond acceptors (Lipinski definition) is 4. The molecule has 28 heavy (non-hydrogen) atoms. The van der Waals surface area contributed by atoms with Crippen molar-refractivity contribution in [2.45, 2.75) is 64.2 Å². The van der Waals surface area contributed by atoms with Crippen LogP contribution in [0.1, 0.15) is 68.9 Å². The molecular formula is C24H30O4. The largest absolute Gasteiger partial charge is 0.507 e. The van der Waals surface area contributed by atoms with E-state index in [1.165, 1.54) is 7.11 Å². The van der Waals surface area contributed by atoms with Crippen LogP contribution in [0, 0.1) is 17.8 Å². The quantitative estimate of drug-likeness (QED) is 0.382. The molecule has 1 aliphatic rings. The maximum absolute atomic E-state index is 12.0. The van der Waals surface area contributed by atoms with E-state index in [-0.39, 0.29) is 23.6 Å². The monoisotopic (exact) mass is 382 g/mol. The number of ether oxygens (including phenoxy) is 1. The molecule has 0 heterocycles. The number of methoxy groups -OCH3 is 1. The summed E-state index contributed by atoms with van der Waals surface area (Å²) in [6.45, 7) is 1.78. The Morgan fingerprint density at radius 1 is 1.29 bits per heavy atom. The summed E-state index contributed by atoms with van der Waals surface area (Å²) in [6.07, 6.45) is 9.50. The molecule has 1 aromatic carbocycles. The minimum atomic E-state index is -0.230. The highest BCUT2D eigenvalue weighted by molar-refractivity contribution is 5.89. The Kier molecular flexibility index (Phi) is 8.81. The Bertz CT molecular complexity index is 767. The molecule has 1 saturated carbocycles. The lowest BCUT2D eigenvalue weighted by Gasteiger charge is -2.20. The molecule has 0 spiro atoms. The van der Waals surface area contributed by atoms with Gasteiger partial charge in [0.1, 0.15) is 5.75 Å². The van der Waals surface area contributed by atoms with Gasteiger partial charge in [0, 0.05) is 19.3 Å². The van der Waals surface area contributed by atoms with Crippen molar-refractivity contribution in [3.05, 3.63) is 41.5 Å². The van der Waals surface area contributed by atoms with Gasteiger partial charge < -0.3 is 9.84 Å². The molecule has 150 valence electrons. The highest BCUT2D eigenvalue weighted by atomic mass is 16.5. The molecule has 0 aromatic heterocycles. The van der Waals surface area contributed by atoms with E-state index in [1.807, 2.05) is 24.3 Å². The van der Waals surface area contributed by atoms with Gasteiger partial charge in [0.2, 0.25) is 0 Å². The summed E-state index contributed by atoms with van der Waals surface area (Å²) in [5.74, 6) is 6.42. The lowest BCUT2D eigenvalue weighted by atomic mass is 9.86. The van der Waals surface area contributed by atoms with Crippen LogP contribution in [0.15, 0.2) is 30.4 Å². The second-order valence-corrected chi connectivity index (χ2v) is 7.24. The van der Waals surface area contributed by atoms with Crippen molar-refractivity contribution in [1.82, 2.24) is 0 Å². The number of hydrogen-bond donors (Lipinski definition) is 1. The van der Waals surface area contributed by atoms with Gasteiger partial charge in [-0.05, 0) is 61.6 Å². The van der Waals surface area contributed by atoms with Gasteiger partial charge in [-0.2, -0.15) is 0 Å². The SMILES string of the molecule is CC#CCCC(=O)/C=C/[C@H]1CCC[C@@H]1c1cccc(CCCC(=O)OC)c1O. The maximum Gasteiger partial charge on any atom is 0.305 e. The predicted octanol–water partition coefficient (Wildman–Crippen LogP) is 4.70. The number of benzene rings is 1. The summed E-state index contributed by atoms with van der Waals surface area (Å²) in [6, 6.07) is 5.86. The lowest BCUT2D eigenvalue weighted by Crippen LogP contribution is -2.06. The first-order valence-corrected chi connectivity index (χ1v) is 10.0. The normalized spacial score (nSPS) is 18.6. The summed E-state index contributed by atoms with van der Waals surface area (Å²) >= 11 is 0. The summed E-state index contributed by atoms with van der Waals surface area (Å²) in [7, 11) is 1.39. The highest BCUT2D eigenvalue weighted by Gasteiger charge is 2.29. The van der Waals surface area contributed by atoms with Gasteiger partial charge in [0.15, 0.2) is 5.78 Å². The van der Waals surface area contributed by atoms with Crippen molar-refractivity contribution >= 4 is 11.8 Å². The standard InChI is InChI=1S/C24H30O4/c1-3-4-5-12-20(25)17-16-18-9-6-13-21(18)22-14-7-10-19(24(22)27)11-8-15-23(26)28-2/h7,10,14,16-18,21,27H,5-6,8-9,11-13,15H2,1-2H3/b17-16+/t18-,21+/m1/s1. The van der Waals surface area contributed by atoms with Crippen molar-refractivity contribution < 1.29 is 19.4 Å². The number of carbonyl (C=O) groups is 2. The molecule has 0 unspecified atom stereocenters. The van der Waals surface area contributed by atoms with Crippen molar-refractivity contribution in [2.24, 2.45) is 5.92 Å². The molecule has 1 aromatic rings. The molecule has 2 atom stereocenters. The van der Waals surface area contributed by atoms with E-state index in [0.717, 1.165) is 30.4 Å². The molecule has 2 rings (SSSR count). The van der Waals surface area contributed by atoms with Crippen molar-refractivity contribution in [1.29, 1.82) is 0 Å². The Hall–Kier alpha value is -2.54. The topological polar surface area (TPSA) is 63.6 Å². The number of aryl methyl sites for hydroxylation is 1. The summed E-state index contributed by atoms with van der Waals surface area (Å²) in [4.78, 5) is 23.3. The van der Waals surface area contributed by atoms with Crippen molar-refractivity contribution in [3.63, 3.8) is 0 Å². The van der Waals surface area contributed by atoms with Crippen LogP contribution in [0.3, 0.4) is 0 Å². The maximum atomic E-state index is 12.0. The molecule has 0 amide bonds. The molecule has 0 bridgehead atoms. The second kappa shape index (κ2) is 11.3. The van der Waals surface area contributed by atoms with Crippen LogP contribution in [-0.4, -0.2) is 24.0 Å². The first-order chi connectivity index (χ1) is 13.6. The zero-order chi connectivity index (χ0) is 20.4. The number of ketones is 1. The van der Waals surface area contributed by atoms with Gasteiger partial charge in [0.05, 0.1) is 7.11 Å². The number of carbonyl (C=O) groups excluding carboxylic acids is 2. The fraction of sp³-hybridized carbons (Fsp3) is 0.500. The molecule has 0 saturated heterocycles. The van der Waals surface area contributed by atoms with Crippen LogP contribution >= 0.6 is 0 Å². The first-order valence-electron chi connectivity index (χ1n) is 10.0. The lowest BCUT2D eigenvalue weighted by molar-refractivity contribution is -0.140. The molecule has 0 aliphatic heterocycles. The fourth-order valence-corrected chi connectivity index (χ4v) is 3.87. The van der Waals surface area contributed by atoms with E-state index in [4.69, 9.17) is 0 Å². The van der Waals surface area contributed by atoms with Gasteiger partial charge in [0.25, 0.3) is 0 Å². The van der Waals surface area contributed by atoms with Gasteiger partial charge in [-0.15, -0.1) is 11.8 Å². The smallest absolute Gasteiger partial charge is 0.305 e. The van der Waals surface area contributed by atoms with E-state index in [1.54, 1.807) is 13.0 Å². The Balaban J connectivity index is 2.04. The van der Waals surface area contributed by atoms with E-state index >= 15 is 0 Å². The third-order valence-corrected chi connectivity index (χ3v) is 5.38. The van der Waals surface area contributed by atoms with Crippen molar-refractivity contribution in [2.75, 3.05) is 7.11 Å². The second-order valence-electron chi connectivity index (χ2n) is 7.24. The minimum Gasteiger partial charge on any atom is -0.507 e. The number of phenolic OH excluding ortho intramolecular Hbond substituents is 1. The summed E-state index contributed by atoms with van der Waals surface area (Å²) < 4.78 is 4.67. The van der Waals surface area contributed by atoms with E-state index in [0.29, 0.717) is 37.9 Å². The number of rotatable bonds is 9. The predicted molar refractivity (Wildman–Crippen MR) is 110 cm³/mol. The van der Waals surface area contributed by atoms with Gasteiger partial charge in [-0.3, -0.25) is 9.59 Å². The van der Waals surface area contributed by atoms with Crippen LogP contribution in [0.5, 0.6) is 5.75 Å². The van der Waals surface area contributed by atoms with Gasteiger partial charge in [-0.25, -0.2) is 0 Å². The van der Waals surface area contributed by atoms with E-state index in [2.05, 4.69) is 16.6 Å². The zero-order valence-corrected chi connectivity index (χ0v) is 16.9. The van der Waals surface area contributed by atoms with Crippen LogP contribution in [-0.2, 0) is 20.7 Å². The van der Waals surface area contributed by atoms with Gasteiger partial charge in [-0.1, -0.05) is 30.7 Å². The molecule has 0 radical (unpaired) electrons. The van der Waals surface area contributed by atoms with Gasteiger partial charge >= 0.3 is 5.97 Å². The third kappa shape index (κ3) is 6.27. The van der Waals surface area contributed by atoms with Crippen LogP contribution in [0.25, 0.3) is 0 Å². The number of para-hydroxylation sites is 1. The number of phenols is 1. The highest BCUT2D eigenvalue weighted by Crippen LogP contribution is 2.44. The third-order valence-electron chi connectivity index (χ3n) is 5.38. The average Bonchev–Trinajstić information content (AvgIpc) is 3.16. The van der Waals surface area contributed by atoms with E-state index in [9.17, 15) is 14.7 Å². The zero-order valence-electron chi connectivity index (χ0n) is 16.9. The molecule has 1 N–H and O–H groups in total. The Morgan fingerprint density at radius 3 is 2.86 bits per heavy atom. The minimum absolute atomic E-state index is 0.106. The first kappa shape index (κ1) is 21.8. The molecule has 1 fully saturated rings. The fourth-order valence-electron chi connectivity index (χ4n) is 3.87. The molecule has 4 nitrogen and oxygen atoms in total. The van der Waals surface area contributed by atoms with Crippen LogP contribution < -0.4 is 0 Å². The van der Waals surface area contributed by atoms with Crippen molar-refractivity contribution in [3.8, 4) is 17.6 Å². The van der Waals surface area contributed by atoms with E-state index < -0.39 is 0 Å². The summed E-state index contributed by atoms with van der Waals surface area (Å²) in [5.41, 5.74) is 1.82. The Morgan fingerprint density at radius 2 is 2.11 bits per heavy atom.